The van der Waals surface area contributed by atoms with Crippen LogP contribution in [-0.2, 0) is 16.6 Å². The van der Waals surface area contributed by atoms with Gasteiger partial charge in [-0.25, -0.2) is 4.98 Å². The van der Waals surface area contributed by atoms with Crippen molar-refractivity contribution in [2.24, 2.45) is 0 Å². The number of aliphatic hydroxyl groups excluding tert-OH is 1. The number of pyridine rings is 1. The average molecular weight is 278 g/mol. The summed E-state index contributed by atoms with van der Waals surface area (Å²) in [5.41, 5.74) is 2.02. The molecule has 2 rings (SSSR count). The minimum atomic E-state index is -3.70. The SMILES string of the molecule is Cc1cccc(NS(=O)(=O)c2ccc(CO)cn2)c1. The van der Waals surface area contributed by atoms with Gasteiger partial charge in [-0.1, -0.05) is 18.2 Å². The summed E-state index contributed by atoms with van der Waals surface area (Å²) >= 11 is 0. The van der Waals surface area contributed by atoms with Crippen molar-refractivity contribution >= 4 is 15.7 Å². The maximum absolute atomic E-state index is 12.1. The van der Waals surface area contributed by atoms with E-state index in [0.717, 1.165) is 5.56 Å². The molecule has 0 fully saturated rings. The van der Waals surface area contributed by atoms with Crippen LogP contribution in [-0.4, -0.2) is 18.5 Å². The number of sulfonamides is 1. The van der Waals surface area contributed by atoms with Crippen molar-refractivity contribution in [2.75, 3.05) is 4.72 Å². The summed E-state index contributed by atoms with van der Waals surface area (Å²) < 4.78 is 26.6. The number of aliphatic hydroxyl groups is 1. The molecule has 0 saturated heterocycles. The van der Waals surface area contributed by atoms with Crippen LogP contribution in [0.15, 0.2) is 47.6 Å². The molecule has 5 nitrogen and oxygen atoms in total. The van der Waals surface area contributed by atoms with Gasteiger partial charge in [0.25, 0.3) is 10.0 Å². The third kappa shape index (κ3) is 3.30. The van der Waals surface area contributed by atoms with Gasteiger partial charge in [-0.3, -0.25) is 4.72 Å². The Hall–Kier alpha value is -1.92. The van der Waals surface area contributed by atoms with E-state index in [9.17, 15) is 8.42 Å². The van der Waals surface area contributed by atoms with Gasteiger partial charge in [-0.2, -0.15) is 8.42 Å². The Morgan fingerprint density at radius 2 is 2.05 bits per heavy atom. The van der Waals surface area contributed by atoms with Gasteiger partial charge in [-0.05, 0) is 36.2 Å². The van der Waals surface area contributed by atoms with Gasteiger partial charge in [0.05, 0.1) is 6.61 Å². The molecule has 2 aromatic rings. The minimum Gasteiger partial charge on any atom is -0.392 e. The average Bonchev–Trinajstić information content (AvgIpc) is 2.38. The van der Waals surface area contributed by atoms with Gasteiger partial charge >= 0.3 is 0 Å². The molecule has 1 heterocycles. The van der Waals surface area contributed by atoms with E-state index in [1.807, 2.05) is 13.0 Å². The van der Waals surface area contributed by atoms with Gasteiger partial charge < -0.3 is 5.11 Å². The van der Waals surface area contributed by atoms with Crippen molar-refractivity contribution in [3.05, 3.63) is 53.7 Å². The number of nitrogens with one attached hydrogen (secondary N) is 1. The van der Waals surface area contributed by atoms with E-state index < -0.39 is 10.0 Å². The zero-order valence-corrected chi connectivity index (χ0v) is 11.2. The van der Waals surface area contributed by atoms with Crippen LogP contribution >= 0.6 is 0 Å². The van der Waals surface area contributed by atoms with Gasteiger partial charge in [0.15, 0.2) is 5.03 Å². The number of hydrogen-bond acceptors (Lipinski definition) is 4. The Bertz CT molecular complexity index is 667. The second-order valence-electron chi connectivity index (χ2n) is 4.14. The normalized spacial score (nSPS) is 11.3. The topological polar surface area (TPSA) is 79.3 Å². The van der Waals surface area contributed by atoms with Crippen LogP contribution in [0.25, 0.3) is 0 Å². The number of rotatable bonds is 4. The lowest BCUT2D eigenvalue weighted by molar-refractivity contribution is 0.281. The van der Waals surface area contributed by atoms with Crippen LogP contribution in [0.1, 0.15) is 11.1 Å². The lowest BCUT2D eigenvalue weighted by Gasteiger charge is -2.08. The zero-order valence-electron chi connectivity index (χ0n) is 10.4. The first-order chi connectivity index (χ1) is 9.01. The number of aromatic nitrogens is 1. The molecule has 0 radical (unpaired) electrons. The molecule has 100 valence electrons. The minimum absolute atomic E-state index is 0.0776. The number of hydrogen-bond donors (Lipinski definition) is 2. The molecule has 6 heteroatoms. The van der Waals surface area contributed by atoms with Gasteiger partial charge in [-0.15, -0.1) is 0 Å². The van der Waals surface area contributed by atoms with Crippen LogP contribution in [0.4, 0.5) is 5.69 Å². The Morgan fingerprint density at radius 1 is 1.26 bits per heavy atom. The van der Waals surface area contributed by atoms with Gasteiger partial charge in [0, 0.05) is 11.9 Å². The highest BCUT2D eigenvalue weighted by atomic mass is 32.2. The summed E-state index contributed by atoms with van der Waals surface area (Å²) in [6.45, 7) is 1.71. The van der Waals surface area contributed by atoms with E-state index in [2.05, 4.69) is 9.71 Å². The molecule has 0 unspecified atom stereocenters. The summed E-state index contributed by atoms with van der Waals surface area (Å²) in [6.07, 6.45) is 1.34. The third-order valence-electron chi connectivity index (χ3n) is 2.53. The third-order valence-corrected chi connectivity index (χ3v) is 3.82. The summed E-state index contributed by atoms with van der Waals surface area (Å²) in [5.74, 6) is 0. The lowest BCUT2D eigenvalue weighted by atomic mass is 10.2. The molecular formula is C13H14N2O3S. The smallest absolute Gasteiger partial charge is 0.279 e. The molecule has 0 aliphatic heterocycles. The summed E-state index contributed by atoms with van der Waals surface area (Å²) in [4.78, 5) is 3.83. The molecule has 0 amide bonds. The van der Waals surface area contributed by atoms with Crippen molar-refractivity contribution in [1.29, 1.82) is 0 Å². The molecular weight excluding hydrogens is 264 g/mol. The van der Waals surface area contributed by atoms with E-state index >= 15 is 0 Å². The predicted molar refractivity (Wildman–Crippen MR) is 72.1 cm³/mol. The maximum atomic E-state index is 12.1. The molecule has 1 aromatic heterocycles. The van der Waals surface area contributed by atoms with E-state index in [1.165, 1.54) is 18.3 Å². The first kappa shape index (κ1) is 13.5. The Labute approximate surface area is 112 Å². The van der Waals surface area contributed by atoms with Crippen molar-refractivity contribution in [3.63, 3.8) is 0 Å². The monoisotopic (exact) mass is 278 g/mol. The molecule has 0 spiro atoms. The molecule has 0 saturated carbocycles. The highest BCUT2D eigenvalue weighted by Gasteiger charge is 2.15. The fourth-order valence-electron chi connectivity index (χ4n) is 1.58. The van der Waals surface area contributed by atoms with Gasteiger partial charge in [0.1, 0.15) is 0 Å². The summed E-state index contributed by atoms with van der Waals surface area (Å²) in [6, 6.07) is 9.95. The first-order valence-corrected chi connectivity index (χ1v) is 7.15. The molecule has 0 atom stereocenters. The lowest BCUT2D eigenvalue weighted by Crippen LogP contribution is -2.14. The van der Waals surface area contributed by atoms with Crippen LogP contribution in [0.5, 0.6) is 0 Å². The van der Waals surface area contributed by atoms with E-state index in [-0.39, 0.29) is 11.6 Å². The summed E-state index contributed by atoms with van der Waals surface area (Å²) in [5, 5.41) is 8.81. The van der Waals surface area contributed by atoms with Crippen molar-refractivity contribution < 1.29 is 13.5 Å². The number of anilines is 1. The van der Waals surface area contributed by atoms with Crippen molar-refractivity contribution in [3.8, 4) is 0 Å². The molecule has 2 N–H and O–H groups in total. The Morgan fingerprint density at radius 3 is 2.63 bits per heavy atom. The zero-order chi connectivity index (χ0) is 13.9. The molecule has 0 aliphatic rings. The largest absolute Gasteiger partial charge is 0.392 e. The summed E-state index contributed by atoms with van der Waals surface area (Å²) in [7, 11) is -3.70. The fourth-order valence-corrected chi connectivity index (χ4v) is 2.56. The van der Waals surface area contributed by atoms with Crippen LogP contribution in [0, 0.1) is 6.92 Å². The molecule has 1 aromatic carbocycles. The van der Waals surface area contributed by atoms with Crippen molar-refractivity contribution in [2.45, 2.75) is 18.6 Å². The number of nitrogens with zero attached hydrogens (tertiary/aromatic N) is 1. The molecule has 0 aliphatic carbocycles. The fraction of sp³-hybridized carbons (Fsp3) is 0.154. The Kier molecular flexibility index (Phi) is 3.82. The van der Waals surface area contributed by atoms with Crippen LogP contribution in [0.3, 0.4) is 0 Å². The predicted octanol–water partition coefficient (Wildman–Crippen LogP) is 1.68. The standard InChI is InChI=1S/C13H14N2O3S/c1-10-3-2-4-12(7-10)15-19(17,18)13-6-5-11(9-16)8-14-13/h2-8,15-16H,9H2,1H3. The first-order valence-electron chi connectivity index (χ1n) is 5.66. The second-order valence-corrected chi connectivity index (χ2v) is 5.77. The van der Waals surface area contributed by atoms with E-state index in [0.29, 0.717) is 11.3 Å². The van der Waals surface area contributed by atoms with E-state index in [1.54, 1.807) is 18.2 Å². The molecule has 0 bridgehead atoms. The van der Waals surface area contributed by atoms with E-state index in [4.69, 9.17) is 5.11 Å². The Balaban J connectivity index is 2.27. The van der Waals surface area contributed by atoms with Crippen LogP contribution < -0.4 is 4.72 Å². The molecule has 19 heavy (non-hydrogen) atoms. The quantitative estimate of drug-likeness (QED) is 0.892. The number of benzene rings is 1. The maximum Gasteiger partial charge on any atom is 0.279 e. The number of aryl methyl sites for hydroxylation is 1. The highest BCUT2D eigenvalue weighted by Crippen LogP contribution is 2.15. The van der Waals surface area contributed by atoms with Gasteiger partial charge in [0.2, 0.25) is 0 Å². The van der Waals surface area contributed by atoms with Crippen molar-refractivity contribution in [1.82, 2.24) is 4.98 Å². The second kappa shape index (κ2) is 5.38. The highest BCUT2D eigenvalue weighted by molar-refractivity contribution is 7.92. The van der Waals surface area contributed by atoms with Crippen LogP contribution in [0.2, 0.25) is 0 Å².